The Kier molecular flexibility index (Phi) is 7.92. The quantitative estimate of drug-likeness (QED) is 0.304. The minimum atomic E-state index is -0.613. The molecule has 3 aromatic carbocycles. The van der Waals surface area contributed by atoms with Crippen molar-refractivity contribution >= 4 is 29.4 Å². The van der Waals surface area contributed by atoms with Crippen LogP contribution in [-0.2, 0) is 20.9 Å². The average molecular weight is 429 g/mol. The molecule has 3 aromatic rings. The van der Waals surface area contributed by atoms with Crippen LogP contribution in [0.25, 0.3) is 6.08 Å². The summed E-state index contributed by atoms with van der Waals surface area (Å²) < 4.78 is 10.7. The van der Waals surface area contributed by atoms with Crippen LogP contribution in [0, 0.1) is 0 Å². The van der Waals surface area contributed by atoms with E-state index in [1.807, 2.05) is 54.6 Å². The van der Waals surface area contributed by atoms with Crippen LogP contribution in [0.1, 0.15) is 28.4 Å². The average Bonchev–Trinajstić information content (AvgIpc) is 2.81. The molecular formula is C26H23NO5. The SMILES string of the molecule is CC(=O)Nc1ccc(C(=O)COC(=O)/C=C/c2ccc(OCc3ccccc3)cc2)cc1. The Balaban J connectivity index is 1.44. The van der Waals surface area contributed by atoms with Gasteiger partial charge in [-0.1, -0.05) is 42.5 Å². The molecule has 162 valence electrons. The van der Waals surface area contributed by atoms with Crippen LogP contribution in [-0.4, -0.2) is 24.3 Å². The first-order chi connectivity index (χ1) is 15.5. The maximum atomic E-state index is 12.2. The fourth-order valence-electron chi connectivity index (χ4n) is 2.79. The van der Waals surface area contributed by atoms with Crippen molar-refractivity contribution in [1.29, 1.82) is 0 Å². The third-order valence-electron chi connectivity index (χ3n) is 4.41. The molecule has 3 rings (SSSR count). The highest BCUT2D eigenvalue weighted by atomic mass is 16.5. The topological polar surface area (TPSA) is 81.7 Å². The number of carbonyl (C=O) groups excluding carboxylic acids is 3. The summed E-state index contributed by atoms with van der Waals surface area (Å²) in [5.74, 6) is -0.415. The summed E-state index contributed by atoms with van der Waals surface area (Å²) in [6, 6.07) is 23.5. The van der Waals surface area contributed by atoms with E-state index in [4.69, 9.17) is 9.47 Å². The number of hydrogen-bond donors (Lipinski definition) is 1. The number of amides is 1. The van der Waals surface area contributed by atoms with Gasteiger partial charge in [-0.3, -0.25) is 9.59 Å². The summed E-state index contributed by atoms with van der Waals surface area (Å²) in [5.41, 5.74) is 2.86. The molecule has 0 aliphatic carbocycles. The highest BCUT2D eigenvalue weighted by Gasteiger charge is 2.09. The maximum absolute atomic E-state index is 12.2. The van der Waals surface area contributed by atoms with Crippen molar-refractivity contribution in [3.05, 3.63) is 102 Å². The zero-order valence-corrected chi connectivity index (χ0v) is 17.6. The first-order valence-electron chi connectivity index (χ1n) is 10.0. The van der Waals surface area contributed by atoms with E-state index >= 15 is 0 Å². The molecule has 0 saturated heterocycles. The summed E-state index contributed by atoms with van der Waals surface area (Å²) in [4.78, 5) is 35.1. The number of esters is 1. The molecule has 0 heterocycles. The number of ketones is 1. The minimum Gasteiger partial charge on any atom is -0.489 e. The smallest absolute Gasteiger partial charge is 0.331 e. The first kappa shape index (κ1) is 22.5. The monoisotopic (exact) mass is 429 g/mol. The van der Waals surface area contributed by atoms with Gasteiger partial charge in [0.1, 0.15) is 12.4 Å². The van der Waals surface area contributed by atoms with Crippen LogP contribution < -0.4 is 10.1 Å². The predicted octanol–water partition coefficient (Wildman–Crippen LogP) is 4.66. The van der Waals surface area contributed by atoms with Gasteiger partial charge in [-0.05, 0) is 53.6 Å². The van der Waals surface area contributed by atoms with Gasteiger partial charge in [0.05, 0.1) is 0 Å². The zero-order valence-electron chi connectivity index (χ0n) is 17.6. The third kappa shape index (κ3) is 7.25. The van der Waals surface area contributed by atoms with Crippen molar-refractivity contribution in [2.45, 2.75) is 13.5 Å². The number of anilines is 1. The second kappa shape index (κ2) is 11.3. The van der Waals surface area contributed by atoms with Crippen molar-refractivity contribution in [3.63, 3.8) is 0 Å². The Morgan fingerprint density at radius 3 is 2.22 bits per heavy atom. The zero-order chi connectivity index (χ0) is 22.8. The molecule has 0 bridgehead atoms. The van der Waals surface area contributed by atoms with Gasteiger partial charge in [-0.15, -0.1) is 0 Å². The molecule has 0 aliphatic rings. The number of Topliss-reactive ketones (excluding diaryl/α,β-unsaturated/α-hetero) is 1. The fraction of sp³-hybridized carbons (Fsp3) is 0.115. The van der Waals surface area contributed by atoms with Crippen LogP contribution in [0.15, 0.2) is 84.9 Å². The van der Waals surface area contributed by atoms with E-state index in [-0.39, 0.29) is 18.3 Å². The minimum absolute atomic E-state index is 0.195. The molecule has 0 aliphatic heterocycles. The lowest BCUT2D eigenvalue weighted by Gasteiger charge is -2.06. The molecule has 0 saturated carbocycles. The van der Waals surface area contributed by atoms with Crippen molar-refractivity contribution in [1.82, 2.24) is 0 Å². The molecule has 0 atom stereocenters. The number of nitrogens with one attached hydrogen (secondary N) is 1. The van der Waals surface area contributed by atoms with Gasteiger partial charge in [-0.2, -0.15) is 0 Å². The largest absolute Gasteiger partial charge is 0.489 e. The summed E-state index contributed by atoms with van der Waals surface area (Å²) in [7, 11) is 0. The second-order valence-corrected chi connectivity index (χ2v) is 6.97. The number of ether oxygens (including phenoxy) is 2. The van der Waals surface area contributed by atoms with Gasteiger partial charge < -0.3 is 14.8 Å². The van der Waals surface area contributed by atoms with E-state index < -0.39 is 5.97 Å². The normalized spacial score (nSPS) is 10.5. The summed E-state index contributed by atoms with van der Waals surface area (Å²) in [5, 5.41) is 2.62. The number of carbonyl (C=O) groups is 3. The predicted molar refractivity (Wildman–Crippen MR) is 122 cm³/mol. The van der Waals surface area contributed by atoms with E-state index in [1.54, 1.807) is 30.3 Å². The lowest BCUT2D eigenvalue weighted by Crippen LogP contribution is -2.13. The Hall–Kier alpha value is -4.19. The standard InChI is InChI=1S/C26H23NO5/c1-19(28)27-23-12-10-22(11-13-23)25(29)18-32-26(30)16-9-20-7-14-24(15-8-20)31-17-21-5-3-2-4-6-21/h2-16H,17-18H2,1H3,(H,27,28)/b16-9+. The number of benzene rings is 3. The Morgan fingerprint density at radius 2 is 1.56 bits per heavy atom. The van der Waals surface area contributed by atoms with Gasteiger partial charge in [0.2, 0.25) is 5.91 Å². The number of rotatable bonds is 9. The van der Waals surface area contributed by atoms with Gasteiger partial charge in [-0.25, -0.2) is 4.79 Å². The van der Waals surface area contributed by atoms with E-state index in [0.717, 1.165) is 16.9 Å². The molecule has 32 heavy (non-hydrogen) atoms. The van der Waals surface area contributed by atoms with Gasteiger partial charge in [0.25, 0.3) is 0 Å². The molecule has 0 unspecified atom stereocenters. The molecule has 0 spiro atoms. The molecule has 6 nitrogen and oxygen atoms in total. The lowest BCUT2D eigenvalue weighted by molar-refractivity contribution is -0.136. The molecule has 6 heteroatoms. The Morgan fingerprint density at radius 1 is 0.875 bits per heavy atom. The van der Waals surface area contributed by atoms with Crippen LogP contribution in [0.2, 0.25) is 0 Å². The summed E-state index contributed by atoms with van der Waals surface area (Å²) in [6.45, 7) is 1.52. The molecule has 1 N–H and O–H groups in total. The number of hydrogen-bond acceptors (Lipinski definition) is 5. The van der Waals surface area contributed by atoms with Crippen molar-refractivity contribution in [2.24, 2.45) is 0 Å². The van der Waals surface area contributed by atoms with Crippen LogP contribution in [0.5, 0.6) is 5.75 Å². The second-order valence-electron chi connectivity index (χ2n) is 6.97. The first-order valence-corrected chi connectivity index (χ1v) is 10.0. The van der Waals surface area contributed by atoms with E-state index in [0.29, 0.717) is 17.9 Å². The van der Waals surface area contributed by atoms with Crippen LogP contribution in [0.4, 0.5) is 5.69 Å². The third-order valence-corrected chi connectivity index (χ3v) is 4.41. The molecule has 0 radical (unpaired) electrons. The maximum Gasteiger partial charge on any atom is 0.331 e. The van der Waals surface area contributed by atoms with Crippen LogP contribution in [0.3, 0.4) is 0 Å². The molecule has 0 fully saturated rings. The fourth-order valence-corrected chi connectivity index (χ4v) is 2.79. The highest BCUT2D eigenvalue weighted by molar-refractivity contribution is 5.99. The lowest BCUT2D eigenvalue weighted by atomic mass is 10.1. The van der Waals surface area contributed by atoms with Crippen molar-refractivity contribution < 1.29 is 23.9 Å². The Bertz CT molecular complexity index is 1090. The Labute approximate surface area is 186 Å². The molecule has 1 amide bonds. The van der Waals surface area contributed by atoms with Gasteiger partial charge in [0.15, 0.2) is 12.4 Å². The van der Waals surface area contributed by atoms with Gasteiger partial charge in [0, 0.05) is 24.3 Å². The van der Waals surface area contributed by atoms with Crippen molar-refractivity contribution in [2.75, 3.05) is 11.9 Å². The van der Waals surface area contributed by atoms with Gasteiger partial charge >= 0.3 is 5.97 Å². The van der Waals surface area contributed by atoms with Crippen LogP contribution >= 0.6 is 0 Å². The van der Waals surface area contributed by atoms with E-state index in [9.17, 15) is 14.4 Å². The summed E-state index contributed by atoms with van der Waals surface area (Å²) >= 11 is 0. The van der Waals surface area contributed by atoms with E-state index in [1.165, 1.54) is 13.0 Å². The summed E-state index contributed by atoms with van der Waals surface area (Å²) in [6.07, 6.45) is 2.88. The van der Waals surface area contributed by atoms with E-state index in [2.05, 4.69) is 5.32 Å². The van der Waals surface area contributed by atoms with Crippen molar-refractivity contribution in [3.8, 4) is 5.75 Å². The molecular weight excluding hydrogens is 406 g/mol. The highest BCUT2D eigenvalue weighted by Crippen LogP contribution is 2.15. The molecule has 0 aromatic heterocycles.